The number of amides is 2. The molecule has 0 radical (unpaired) electrons. The summed E-state index contributed by atoms with van der Waals surface area (Å²) in [5.74, 6) is -0.726. The first-order valence-corrected chi connectivity index (χ1v) is 13.8. The first-order chi connectivity index (χ1) is 15.7. The first kappa shape index (κ1) is 27.9. The molecule has 34 heavy (non-hydrogen) atoms. The van der Waals surface area contributed by atoms with Crippen LogP contribution in [0, 0.1) is 6.92 Å². The molecule has 0 aliphatic rings. The van der Waals surface area contributed by atoms with Gasteiger partial charge in [-0.25, -0.2) is 8.42 Å². The Labute approximate surface area is 211 Å². The Morgan fingerprint density at radius 3 is 2.21 bits per heavy atom. The Kier molecular flexibility index (Phi) is 9.30. The second-order valence-corrected chi connectivity index (χ2v) is 12.2. The van der Waals surface area contributed by atoms with E-state index in [2.05, 4.69) is 21.2 Å². The monoisotopic (exact) mass is 551 g/mol. The highest BCUT2D eigenvalue weighted by molar-refractivity contribution is 9.10. The van der Waals surface area contributed by atoms with Crippen LogP contribution in [-0.2, 0) is 26.2 Å². The number of rotatable bonds is 9. The molecule has 1 N–H and O–H groups in total. The lowest BCUT2D eigenvalue weighted by Gasteiger charge is -2.34. The molecule has 2 rings (SSSR count). The van der Waals surface area contributed by atoms with E-state index in [4.69, 9.17) is 0 Å². The Bertz CT molecular complexity index is 1110. The fourth-order valence-corrected chi connectivity index (χ4v) is 4.71. The summed E-state index contributed by atoms with van der Waals surface area (Å²) in [5.41, 5.74) is 1.80. The van der Waals surface area contributed by atoms with Crippen molar-refractivity contribution in [3.63, 3.8) is 0 Å². The van der Waals surface area contributed by atoms with Gasteiger partial charge in [-0.3, -0.25) is 13.9 Å². The van der Waals surface area contributed by atoms with E-state index in [1.165, 1.54) is 4.90 Å². The summed E-state index contributed by atoms with van der Waals surface area (Å²) in [5, 5.41) is 2.95. The third kappa shape index (κ3) is 8.13. The van der Waals surface area contributed by atoms with Gasteiger partial charge in [-0.2, -0.15) is 0 Å². The molecule has 0 aromatic heterocycles. The number of halogens is 1. The van der Waals surface area contributed by atoms with Crippen LogP contribution in [0.4, 0.5) is 5.69 Å². The van der Waals surface area contributed by atoms with Gasteiger partial charge in [-0.1, -0.05) is 52.7 Å². The fourth-order valence-electron chi connectivity index (χ4n) is 3.60. The van der Waals surface area contributed by atoms with Crippen molar-refractivity contribution < 1.29 is 18.0 Å². The molecule has 0 spiro atoms. The molecule has 0 aliphatic carbocycles. The van der Waals surface area contributed by atoms with Gasteiger partial charge in [0.2, 0.25) is 21.8 Å². The van der Waals surface area contributed by atoms with Gasteiger partial charge >= 0.3 is 0 Å². The summed E-state index contributed by atoms with van der Waals surface area (Å²) in [6, 6.07) is 13.6. The maximum absolute atomic E-state index is 13.6. The van der Waals surface area contributed by atoms with Crippen molar-refractivity contribution in [1.29, 1.82) is 0 Å². The molecule has 9 heteroatoms. The summed E-state index contributed by atoms with van der Waals surface area (Å²) in [6.07, 6.45) is 1.45. The van der Waals surface area contributed by atoms with Gasteiger partial charge < -0.3 is 10.2 Å². The van der Waals surface area contributed by atoms with E-state index in [0.717, 1.165) is 26.2 Å². The van der Waals surface area contributed by atoms with E-state index in [-0.39, 0.29) is 12.5 Å². The molecule has 2 amide bonds. The van der Waals surface area contributed by atoms with Crippen LogP contribution in [0.25, 0.3) is 0 Å². The summed E-state index contributed by atoms with van der Waals surface area (Å²) >= 11 is 3.34. The zero-order valence-corrected chi connectivity index (χ0v) is 23.0. The lowest BCUT2D eigenvalue weighted by molar-refractivity contribution is -0.141. The van der Waals surface area contributed by atoms with Gasteiger partial charge in [-0.05, 0) is 63.9 Å². The maximum atomic E-state index is 13.6. The summed E-state index contributed by atoms with van der Waals surface area (Å²) in [6.45, 7) is 9.21. The highest BCUT2D eigenvalue weighted by Gasteiger charge is 2.33. The second kappa shape index (κ2) is 11.4. The van der Waals surface area contributed by atoms with E-state index < -0.39 is 34.1 Å². The molecular formula is C25H34BrN3O4S. The van der Waals surface area contributed by atoms with Crippen LogP contribution in [0.15, 0.2) is 53.0 Å². The van der Waals surface area contributed by atoms with Crippen molar-refractivity contribution in [1.82, 2.24) is 10.2 Å². The number of nitrogens with one attached hydrogen (secondary N) is 1. The number of nitrogens with zero attached hydrogens (tertiary/aromatic N) is 2. The molecule has 0 fully saturated rings. The normalized spacial score (nSPS) is 12.7. The summed E-state index contributed by atoms with van der Waals surface area (Å²) in [7, 11) is -3.75. The minimum atomic E-state index is -3.75. The van der Waals surface area contributed by atoms with Crippen molar-refractivity contribution in [3.8, 4) is 0 Å². The number of hydrogen-bond donors (Lipinski definition) is 1. The summed E-state index contributed by atoms with van der Waals surface area (Å²) in [4.78, 5) is 28.3. The number of carbonyl (C=O) groups excluding carboxylic acids is 2. The number of carbonyl (C=O) groups is 2. The molecule has 7 nitrogen and oxygen atoms in total. The predicted octanol–water partition coefficient (Wildman–Crippen LogP) is 4.25. The lowest BCUT2D eigenvalue weighted by Crippen LogP contribution is -2.55. The van der Waals surface area contributed by atoms with Crippen LogP contribution in [-0.4, -0.2) is 49.5 Å². The molecule has 1 atom stereocenters. The number of sulfonamides is 1. The van der Waals surface area contributed by atoms with Crippen LogP contribution in [0.3, 0.4) is 0 Å². The number of aryl methyl sites for hydroxylation is 1. The maximum Gasteiger partial charge on any atom is 0.244 e. The quantitative estimate of drug-likeness (QED) is 0.504. The molecule has 0 heterocycles. The molecule has 0 aliphatic heterocycles. The molecule has 0 unspecified atom stereocenters. The largest absolute Gasteiger partial charge is 0.350 e. The second-order valence-electron chi connectivity index (χ2n) is 9.42. The topological polar surface area (TPSA) is 86.8 Å². The molecule has 2 aromatic rings. The van der Waals surface area contributed by atoms with Crippen molar-refractivity contribution >= 4 is 43.5 Å². The minimum absolute atomic E-state index is 0.189. The standard InChI is InChI=1S/C25H34BrN3O4S/c1-7-22(24(31)27-25(3,4)5)28(16-19-10-8-9-18(2)15-19)23(30)17-29(34(6,32)33)21-13-11-20(26)12-14-21/h8-15,22H,7,16-17H2,1-6H3,(H,27,31)/t22-/m1/s1. The molecular weight excluding hydrogens is 518 g/mol. The lowest BCUT2D eigenvalue weighted by atomic mass is 10.0. The van der Waals surface area contributed by atoms with Crippen LogP contribution >= 0.6 is 15.9 Å². The molecule has 186 valence electrons. The highest BCUT2D eigenvalue weighted by Crippen LogP contribution is 2.22. The molecule has 0 bridgehead atoms. The van der Waals surface area contributed by atoms with E-state index in [0.29, 0.717) is 12.1 Å². The van der Waals surface area contributed by atoms with Gasteiger partial charge in [0.05, 0.1) is 11.9 Å². The van der Waals surface area contributed by atoms with E-state index in [9.17, 15) is 18.0 Å². The van der Waals surface area contributed by atoms with Gasteiger partial charge in [0.25, 0.3) is 0 Å². The Balaban J connectivity index is 2.45. The average Bonchev–Trinajstić information content (AvgIpc) is 2.70. The van der Waals surface area contributed by atoms with Crippen LogP contribution in [0.1, 0.15) is 45.2 Å². The van der Waals surface area contributed by atoms with E-state index in [1.807, 2.05) is 58.9 Å². The summed E-state index contributed by atoms with van der Waals surface area (Å²) < 4.78 is 27.1. The number of hydrogen-bond acceptors (Lipinski definition) is 4. The Hall–Kier alpha value is -2.39. The van der Waals surface area contributed by atoms with Crippen LogP contribution in [0.5, 0.6) is 0 Å². The fraction of sp³-hybridized carbons (Fsp3) is 0.440. The van der Waals surface area contributed by atoms with Gasteiger partial charge in [0.1, 0.15) is 12.6 Å². The SMILES string of the molecule is CC[C@H](C(=O)NC(C)(C)C)N(Cc1cccc(C)c1)C(=O)CN(c1ccc(Br)cc1)S(C)(=O)=O. The highest BCUT2D eigenvalue weighted by atomic mass is 79.9. The first-order valence-electron chi connectivity index (χ1n) is 11.1. The van der Waals surface area contributed by atoms with Crippen molar-refractivity contribution in [3.05, 3.63) is 64.1 Å². The van der Waals surface area contributed by atoms with E-state index >= 15 is 0 Å². The van der Waals surface area contributed by atoms with Crippen molar-refractivity contribution in [2.75, 3.05) is 17.1 Å². The van der Waals surface area contributed by atoms with Crippen molar-refractivity contribution in [2.45, 2.75) is 59.2 Å². The van der Waals surface area contributed by atoms with Crippen LogP contribution in [0.2, 0.25) is 0 Å². The van der Waals surface area contributed by atoms with E-state index in [1.54, 1.807) is 24.3 Å². The van der Waals surface area contributed by atoms with Crippen LogP contribution < -0.4 is 9.62 Å². The third-order valence-corrected chi connectivity index (χ3v) is 6.78. The number of benzene rings is 2. The van der Waals surface area contributed by atoms with Gasteiger partial charge in [0, 0.05) is 16.6 Å². The zero-order valence-electron chi connectivity index (χ0n) is 20.6. The molecule has 2 aromatic carbocycles. The third-order valence-electron chi connectivity index (χ3n) is 5.11. The Morgan fingerprint density at radius 1 is 1.09 bits per heavy atom. The van der Waals surface area contributed by atoms with Crippen molar-refractivity contribution in [2.24, 2.45) is 0 Å². The number of anilines is 1. The zero-order chi connectivity index (χ0) is 25.7. The minimum Gasteiger partial charge on any atom is -0.350 e. The smallest absolute Gasteiger partial charge is 0.244 e. The predicted molar refractivity (Wildman–Crippen MR) is 140 cm³/mol. The average molecular weight is 553 g/mol. The van der Waals surface area contributed by atoms with Gasteiger partial charge in [-0.15, -0.1) is 0 Å². The molecule has 0 saturated carbocycles. The van der Waals surface area contributed by atoms with Gasteiger partial charge in [0.15, 0.2) is 0 Å². The Morgan fingerprint density at radius 2 is 1.71 bits per heavy atom. The molecule has 0 saturated heterocycles.